The van der Waals surface area contributed by atoms with E-state index in [1.54, 1.807) is 6.20 Å². The quantitative estimate of drug-likeness (QED) is 0.897. The Bertz CT molecular complexity index is 549. The molecule has 0 saturated carbocycles. The van der Waals surface area contributed by atoms with Gasteiger partial charge in [0, 0.05) is 6.20 Å². The molecule has 1 aliphatic rings. The normalized spacial score (nSPS) is 20.6. The second-order valence-corrected chi connectivity index (χ2v) is 5.19. The topological polar surface area (TPSA) is 57.7 Å². The summed E-state index contributed by atoms with van der Waals surface area (Å²) in [5, 5.41) is 6.96. The molecule has 1 aliphatic heterocycles. The van der Waals surface area contributed by atoms with Crippen molar-refractivity contribution in [3.8, 4) is 11.4 Å². The second-order valence-electron chi connectivity index (χ2n) is 5.19. The summed E-state index contributed by atoms with van der Waals surface area (Å²) in [6.07, 6.45) is 5.48. The molecule has 2 aromatic rings. The van der Waals surface area contributed by atoms with E-state index >= 15 is 0 Å². The van der Waals surface area contributed by atoms with Crippen LogP contribution in [0.2, 0.25) is 0 Å². The van der Waals surface area contributed by atoms with Gasteiger partial charge in [0.05, 0.1) is 23.1 Å². The third-order valence-corrected chi connectivity index (χ3v) is 3.75. The van der Waals surface area contributed by atoms with Gasteiger partial charge in [-0.3, -0.25) is 10.00 Å². The molecule has 0 amide bonds. The molecular formula is C14H19N5. The Labute approximate surface area is 113 Å². The molecule has 5 heteroatoms. The largest absolute Gasteiger partial charge is 0.298 e. The maximum absolute atomic E-state index is 4.63. The first-order valence-electron chi connectivity index (χ1n) is 6.79. The monoisotopic (exact) mass is 257 g/mol. The van der Waals surface area contributed by atoms with E-state index in [0.717, 1.165) is 29.5 Å². The van der Waals surface area contributed by atoms with Crippen LogP contribution in [0.3, 0.4) is 0 Å². The van der Waals surface area contributed by atoms with E-state index in [1.807, 2.05) is 13.0 Å². The summed E-state index contributed by atoms with van der Waals surface area (Å²) in [4.78, 5) is 11.5. The molecule has 0 radical (unpaired) electrons. The average Bonchev–Trinajstić information content (AvgIpc) is 2.92. The molecule has 1 N–H and O–H groups in total. The third-order valence-electron chi connectivity index (χ3n) is 3.75. The number of rotatable bonds is 2. The molecule has 1 unspecified atom stereocenters. The Morgan fingerprint density at radius 3 is 2.95 bits per heavy atom. The Morgan fingerprint density at radius 1 is 1.32 bits per heavy atom. The van der Waals surface area contributed by atoms with Gasteiger partial charge < -0.3 is 0 Å². The molecule has 0 aromatic carbocycles. The van der Waals surface area contributed by atoms with Crippen LogP contribution in [-0.2, 0) is 0 Å². The molecule has 0 spiro atoms. The number of likely N-dealkylation sites (tertiary alicyclic amines) is 1. The lowest BCUT2D eigenvalue weighted by Crippen LogP contribution is -2.30. The Balaban J connectivity index is 1.97. The highest BCUT2D eigenvalue weighted by Crippen LogP contribution is 2.29. The highest BCUT2D eigenvalue weighted by molar-refractivity contribution is 5.53. The number of hydrogen-bond acceptors (Lipinski definition) is 4. The second kappa shape index (κ2) is 5.09. The predicted molar refractivity (Wildman–Crippen MR) is 73.6 cm³/mol. The van der Waals surface area contributed by atoms with Gasteiger partial charge in [-0.1, -0.05) is 6.42 Å². The van der Waals surface area contributed by atoms with Crippen molar-refractivity contribution in [2.24, 2.45) is 0 Å². The van der Waals surface area contributed by atoms with Crippen molar-refractivity contribution >= 4 is 0 Å². The van der Waals surface area contributed by atoms with Gasteiger partial charge in [-0.15, -0.1) is 0 Å². The van der Waals surface area contributed by atoms with E-state index in [-0.39, 0.29) is 0 Å². The van der Waals surface area contributed by atoms with Crippen molar-refractivity contribution in [3.63, 3.8) is 0 Å². The van der Waals surface area contributed by atoms with Crippen molar-refractivity contribution < 1.29 is 0 Å². The van der Waals surface area contributed by atoms with Crippen LogP contribution in [0.4, 0.5) is 0 Å². The molecular weight excluding hydrogens is 238 g/mol. The van der Waals surface area contributed by atoms with E-state index in [4.69, 9.17) is 0 Å². The van der Waals surface area contributed by atoms with Crippen LogP contribution < -0.4 is 0 Å². The molecule has 0 bridgehead atoms. The van der Waals surface area contributed by atoms with Gasteiger partial charge in [0.15, 0.2) is 0 Å². The number of piperidine rings is 1. The first-order valence-corrected chi connectivity index (χ1v) is 6.79. The summed E-state index contributed by atoms with van der Waals surface area (Å²) in [6, 6.07) is 4.44. The molecule has 0 aliphatic carbocycles. The van der Waals surface area contributed by atoms with Crippen molar-refractivity contribution in [3.05, 3.63) is 29.8 Å². The summed E-state index contributed by atoms with van der Waals surface area (Å²) in [7, 11) is 2.18. The molecule has 3 heterocycles. The van der Waals surface area contributed by atoms with E-state index in [0.29, 0.717) is 6.04 Å². The van der Waals surface area contributed by atoms with Crippen LogP contribution in [0.15, 0.2) is 18.3 Å². The summed E-state index contributed by atoms with van der Waals surface area (Å²) < 4.78 is 0. The van der Waals surface area contributed by atoms with Crippen LogP contribution in [0.25, 0.3) is 11.4 Å². The predicted octanol–water partition coefficient (Wildman–Crippen LogP) is 2.33. The molecule has 1 fully saturated rings. The fourth-order valence-corrected chi connectivity index (χ4v) is 2.75. The molecule has 5 nitrogen and oxygen atoms in total. The van der Waals surface area contributed by atoms with E-state index in [9.17, 15) is 0 Å². The summed E-state index contributed by atoms with van der Waals surface area (Å²) >= 11 is 0. The van der Waals surface area contributed by atoms with Crippen LogP contribution >= 0.6 is 0 Å². The van der Waals surface area contributed by atoms with Crippen molar-refractivity contribution in [1.29, 1.82) is 0 Å². The minimum atomic E-state index is 0.414. The maximum Gasteiger partial charge on any atom is 0.126 e. The van der Waals surface area contributed by atoms with Gasteiger partial charge in [-0.2, -0.15) is 5.10 Å². The molecule has 1 atom stereocenters. The fourth-order valence-electron chi connectivity index (χ4n) is 2.75. The SMILES string of the molecule is Cc1nc(-c2ccn[nH]2)cc(C2CCCCN2C)n1. The molecule has 2 aromatic heterocycles. The minimum absolute atomic E-state index is 0.414. The lowest BCUT2D eigenvalue weighted by Gasteiger charge is -2.32. The minimum Gasteiger partial charge on any atom is -0.298 e. The lowest BCUT2D eigenvalue weighted by molar-refractivity contribution is 0.183. The molecule has 3 rings (SSSR count). The van der Waals surface area contributed by atoms with Crippen LogP contribution in [-0.4, -0.2) is 38.7 Å². The zero-order chi connectivity index (χ0) is 13.2. The zero-order valence-corrected chi connectivity index (χ0v) is 11.4. The van der Waals surface area contributed by atoms with Gasteiger partial charge in [0.2, 0.25) is 0 Å². The van der Waals surface area contributed by atoms with E-state index in [1.165, 1.54) is 19.3 Å². The standard InChI is InChI=1S/C14H19N5/c1-10-16-12(11-6-7-15-18-11)9-13(17-10)14-5-3-4-8-19(14)2/h6-7,9,14H,3-5,8H2,1-2H3,(H,15,18). The summed E-state index contributed by atoms with van der Waals surface area (Å²) in [5.74, 6) is 0.820. The zero-order valence-electron chi connectivity index (χ0n) is 11.4. The number of H-pyrrole nitrogens is 1. The van der Waals surface area contributed by atoms with Gasteiger partial charge >= 0.3 is 0 Å². The van der Waals surface area contributed by atoms with Gasteiger partial charge in [0.1, 0.15) is 5.82 Å². The number of nitrogens with zero attached hydrogens (tertiary/aromatic N) is 4. The maximum atomic E-state index is 4.63. The Hall–Kier alpha value is -1.75. The molecule has 1 saturated heterocycles. The first-order chi connectivity index (χ1) is 9.24. The highest BCUT2D eigenvalue weighted by atomic mass is 15.1. The smallest absolute Gasteiger partial charge is 0.126 e. The lowest BCUT2D eigenvalue weighted by atomic mass is 9.99. The van der Waals surface area contributed by atoms with Gasteiger partial charge in [-0.25, -0.2) is 9.97 Å². The van der Waals surface area contributed by atoms with Crippen molar-refractivity contribution in [1.82, 2.24) is 25.1 Å². The van der Waals surface area contributed by atoms with Crippen LogP contribution in [0.5, 0.6) is 0 Å². The van der Waals surface area contributed by atoms with Crippen molar-refractivity contribution in [2.45, 2.75) is 32.2 Å². The average molecular weight is 257 g/mol. The fraction of sp³-hybridized carbons (Fsp3) is 0.500. The van der Waals surface area contributed by atoms with Gasteiger partial charge in [-0.05, 0) is 45.5 Å². The Kier molecular flexibility index (Phi) is 3.29. The number of aromatic nitrogens is 4. The van der Waals surface area contributed by atoms with Gasteiger partial charge in [0.25, 0.3) is 0 Å². The number of hydrogen-bond donors (Lipinski definition) is 1. The summed E-state index contributed by atoms with van der Waals surface area (Å²) in [6.45, 7) is 3.10. The Morgan fingerprint density at radius 2 is 2.21 bits per heavy atom. The van der Waals surface area contributed by atoms with Crippen LogP contribution in [0.1, 0.15) is 36.8 Å². The first kappa shape index (κ1) is 12.3. The number of aryl methyl sites for hydroxylation is 1. The van der Waals surface area contributed by atoms with E-state index in [2.05, 4.69) is 38.2 Å². The van der Waals surface area contributed by atoms with E-state index < -0.39 is 0 Å². The molecule has 100 valence electrons. The van der Waals surface area contributed by atoms with Crippen molar-refractivity contribution in [2.75, 3.05) is 13.6 Å². The highest BCUT2D eigenvalue weighted by Gasteiger charge is 2.22. The van der Waals surface area contributed by atoms with Crippen LogP contribution in [0, 0.1) is 6.92 Å². The molecule has 19 heavy (non-hydrogen) atoms. The number of nitrogens with one attached hydrogen (secondary N) is 1. The summed E-state index contributed by atoms with van der Waals surface area (Å²) in [5.41, 5.74) is 3.00. The number of aromatic amines is 1. The third kappa shape index (κ3) is 2.51.